The summed E-state index contributed by atoms with van der Waals surface area (Å²) in [4.78, 5) is 9.37. The van der Waals surface area contributed by atoms with Gasteiger partial charge in [-0.2, -0.15) is 0 Å². The van der Waals surface area contributed by atoms with Gasteiger partial charge in [-0.1, -0.05) is 66.7 Å². The van der Waals surface area contributed by atoms with Gasteiger partial charge in [0.25, 0.3) is 0 Å². The minimum atomic E-state index is -0.745. The molecular formula is C14H30O2. The first kappa shape index (κ1) is 17.9. The fourth-order valence-corrected chi connectivity index (χ4v) is 1.28. The molecule has 0 fully saturated rings. The fourth-order valence-electron chi connectivity index (χ4n) is 1.28. The molecule has 0 spiro atoms. The summed E-state index contributed by atoms with van der Waals surface area (Å²) in [5.74, 6) is 1.05. The second-order valence-corrected chi connectivity index (χ2v) is 5.17. The van der Waals surface area contributed by atoms with Crippen molar-refractivity contribution < 1.29 is 9.90 Å². The Hall–Kier alpha value is -0.530. The quantitative estimate of drug-likeness (QED) is 0.642. The molecule has 0 aliphatic rings. The van der Waals surface area contributed by atoms with E-state index in [9.17, 15) is 4.79 Å². The summed E-state index contributed by atoms with van der Waals surface area (Å²) in [6.45, 7) is 10.8. The Kier molecular flexibility index (Phi) is 14.0. The van der Waals surface area contributed by atoms with Gasteiger partial charge in [-0.3, -0.25) is 4.79 Å². The highest BCUT2D eigenvalue weighted by molar-refractivity contribution is 5.66. The zero-order chi connectivity index (χ0) is 13.0. The van der Waals surface area contributed by atoms with Gasteiger partial charge in [0.05, 0.1) is 0 Å². The van der Waals surface area contributed by atoms with Gasteiger partial charge >= 0.3 is 5.97 Å². The standard InChI is InChI=1S/C11H24.C3H6O2/c1-10(2)8-6-5-7-9-11(3)4;1-2-3(4)5/h10-11H,5-9H2,1-4H3;2H2,1H3,(H,4,5). The first-order valence-electron chi connectivity index (χ1n) is 6.61. The van der Waals surface area contributed by atoms with Crippen LogP contribution in [0.5, 0.6) is 0 Å². The Morgan fingerprint density at radius 1 is 0.938 bits per heavy atom. The lowest BCUT2D eigenvalue weighted by atomic mass is 10.0. The van der Waals surface area contributed by atoms with E-state index in [-0.39, 0.29) is 6.42 Å². The van der Waals surface area contributed by atoms with Crippen LogP contribution in [0.25, 0.3) is 0 Å². The van der Waals surface area contributed by atoms with Gasteiger partial charge in [0.15, 0.2) is 0 Å². The normalized spacial score (nSPS) is 10.2. The second-order valence-electron chi connectivity index (χ2n) is 5.17. The van der Waals surface area contributed by atoms with E-state index in [0.29, 0.717) is 0 Å². The summed E-state index contributed by atoms with van der Waals surface area (Å²) in [7, 11) is 0. The SMILES string of the molecule is CC(C)CCCCCC(C)C.CCC(=O)O. The molecule has 0 aromatic heterocycles. The summed E-state index contributed by atoms with van der Waals surface area (Å²) in [5, 5.41) is 7.72. The Morgan fingerprint density at radius 2 is 1.25 bits per heavy atom. The Labute approximate surface area is 101 Å². The number of carboxylic acids is 1. The van der Waals surface area contributed by atoms with E-state index in [0.717, 1.165) is 11.8 Å². The van der Waals surface area contributed by atoms with E-state index >= 15 is 0 Å². The molecule has 2 heteroatoms. The number of hydrogen-bond acceptors (Lipinski definition) is 1. The maximum atomic E-state index is 9.37. The van der Waals surface area contributed by atoms with Gasteiger partial charge in [-0.15, -0.1) is 0 Å². The van der Waals surface area contributed by atoms with E-state index in [1.165, 1.54) is 32.1 Å². The van der Waals surface area contributed by atoms with Gasteiger partial charge in [0, 0.05) is 6.42 Å². The van der Waals surface area contributed by atoms with Gasteiger partial charge < -0.3 is 5.11 Å². The molecule has 0 aromatic carbocycles. The van der Waals surface area contributed by atoms with Crippen LogP contribution in [0, 0.1) is 11.8 Å². The Morgan fingerprint density at radius 3 is 1.44 bits per heavy atom. The molecule has 0 rings (SSSR count). The lowest BCUT2D eigenvalue weighted by Gasteiger charge is -2.05. The third-order valence-electron chi connectivity index (χ3n) is 2.37. The molecule has 0 heterocycles. The molecular weight excluding hydrogens is 200 g/mol. The smallest absolute Gasteiger partial charge is 0.303 e. The third-order valence-corrected chi connectivity index (χ3v) is 2.37. The molecule has 0 aromatic rings. The Bertz CT molecular complexity index is 141. The summed E-state index contributed by atoms with van der Waals surface area (Å²) in [6, 6.07) is 0. The lowest BCUT2D eigenvalue weighted by molar-refractivity contribution is -0.136. The van der Waals surface area contributed by atoms with E-state index in [4.69, 9.17) is 5.11 Å². The summed E-state index contributed by atoms with van der Waals surface area (Å²) in [5.41, 5.74) is 0. The molecule has 16 heavy (non-hydrogen) atoms. The monoisotopic (exact) mass is 230 g/mol. The number of carbonyl (C=O) groups is 1. The molecule has 0 amide bonds. The van der Waals surface area contributed by atoms with Crippen LogP contribution in [0.4, 0.5) is 0 Å². The van der Waals surface area contributed by atoms with Gasteiger partial charge in [-0.25, -0.2) is 0 Å². The number of hydrogen-bond donors (Lipinski definition) is 1. The fraction of sp³-hybridized carbons (Fsp3) is 0.929. The number of aliphatic carboxylic acids is 1. The van der Waals surface area contributed by atoms with Crippen LogP contribution in [-0.2, 0) is 4.79 Å². The Balaban J connectivity index is 0. The molecule has 0 atom stereocenters. The van der Waals surface area contributed by atoms with Crippen molar-refractivity contribution in [2.24, 2.45) is 11.8 Å². The molecule has 0 aliphatic carbocycles. The molecule has 0 unspecified atom stereocenters. The largest absolute Gasteiger partial charge is 0.481 e. The van der Waals surface area contributed by atoms with Crippen molar-refractivity contribution in [2.45, 2.75) is 73.1 Å². The summed E-state index contributed by atoms with van der Waals surface area (Å²) in [6.07, 6.45) is 7.36. The molecule has 1 N–H and O–H groups in total. The van der Waals surface area contributed by atoms with Crippen LogP contribution in [0.3, 0.4) is 0 Å². The minimum Gasteiger partial charge on any atom is -0.481 e. The van der Waals surface area contributed by atoms with Crippen LogP contribution in [0.15, 0.2) is 0 Å². The van der Waals surface area contributed by atoms with E-state index < -0.39 is 5.97 Å². The molecule has 2 nitrogen and oxygen atoms in total. The molecule has 0 aliphatic heterocycles. The average Bonchev–Trinajstić information content (AvgIpc) is 2.17. The third kappa shape index (κ3) is 23.4. The van der Waals surface area contributed by atoms with E-state index in [2.05, 4.69) is 27.7 Å². The van der Waals surface area contributed by atoms with Gasteiger partial charge in [-0.05, 0) is 11.8 Å². The number of unbranched alkanes of at least 4 members (excludes halogenated alkanes) is 2. The van der Waals surface area contributed by atoms with E-state index in [1.807, 2.05) is 0 Å². The van der Waals surface area contributed by atoms with Crippen molar-refractivity contribution in [3.63, 3.8) is 0 Å². The first-order chi connectivity index (χ1) is 7.40. The highest BCUT2D eigenvalue weighted by atomic mass is 16.4. The maximum absolute atomic E-state index is 9.37. The molecule has 0 saturated carbocycles. The zero-order valence-electron chi connectivity index (χ0n) is 11.8. The van der Waals surface area contributed by atoms with Crippen LogP contribution >= 0.6 is 0 Å². The minimum absolute atomic E-state index is 0.222. The van der Waals surface area contributed by atoms with Gasteiger partial charge in [0.2, 0.25) is 0 Å². The number of rotatable bonds is 7. The van der Waals surface area contributed by atoms with Crippen molar-refractivity contribution in [1.29, 1.82) is 0 Å². The second kappa shape index (κ2) is 12.5. The van der Waals surface area contributed by atoms with E-state index in [1.54, 1.807) is 6.92 Å². The maximum Gasteiger partial charge on any atom is 0.303 e. The van der Waals surface area contributed by atoms with Crippen molar-refractivity contribution in [1.82, 2.24) is 0 Å². The predicted octanol–water partition coefficient (Wildman–Crippen LogP) is 4.73. The van der Waals surface area contributed by atoms with Crippen LogP contribution in [0.1, 0.15) is 73.1 Å². The highest BCUT2D eigenvalue weighted by Crippen LogP contribution is 2.12. The van der Waals surface area contributed by atoms with Crippen LogP contribution < -0.4 is 0 Å². The first-order valence-corrected chi connectivity index (χ1v) is 6.61. The van der Waals surface area contributed by atoms with Crippen molar-refractivity contribution >= 4 is 5.97 Å². The van der Waals surface area contributed by atoms with Crippen molar-refractivity contribution in [2.75, 3.05) is 0 Å². The predicted molar refractivity (Wildman–Crippen MR) is 70.7 cm³/mol. The summed E-state index contributed by atoms with van der Waals surface area (Å²) < 4.78 is 0. The molecule has 98 valence electrons. The lowest BCUT2D eigenvalue weighted by Crippen LogP contribution is -1.89. The van der Waals surface area contributed by atoms with Gasteiger partial charge in [0.1, 0.15) is 0 Å². The zero-order valence-corrected chi connectivity index (χ0v) is 11.8. The van der Waals surface area contributed by atoms with Crippen molar-refractivity contribution in [3.05, 3.63) is 0 Å². The van der Waals surface area contributed by atoms with Crippen molar-refractivity contribution in [3.8, 4) is 0 Å². The topological polar surface area (TPSA) is 37.3 Å². The average molecular weight is 230 g/mol. The molecule has 0 radical (unpaired) electrons. The van der Waals surface area contributed by atoms with Crippen LogP contribution in [0.2, 0.25) is 0 Å². The highest BCUT2D eigenvalue weighted by Gasteiger charge is 1.96. The summed E-state index contributed by atoms with van der Waals surface area (Å²) >= 11 is 0. The van der Waals surface area contributed by atoms with Crippen LogP contribution in [-0.4, -0.2) is 11.1 Å². The molecule has 0 bridgehead atoms. The number of carboxylic acid groups (broad SMARTS) is 1. The molecule has 0 saturated heterocycles.